The number of carboxylic acids is 1. The highest BCUT2D eigenvalue weighted by atomic mass is 16.6. The molecule has 0 spiro atoms. The lowest BCUT2D eigenvalue weighted by Crippen LogP contribution is -2.56. The van der Waals surface area contributed by atoms with E-state index in [2.05, 4.69) is 29.4 Å². The molecule has 2 fully saturated rings. The topological polar surface area (TPSA) is 159 Å². The number of alkyl carbamates (subject to hydrolysis) is 1. The Balaban J connectivity index is 1.50. The number of ether oxygens (including phenoxy) is 1. The number of allylic oxidation sites excluding steroid dienone is 1. The van der Waals surface area contributed by atoms with Crippen molar-refractivity contribution in [2.45, 2.75) is 115 Å². The molecule has 1 aromatic heterocycles. The molecule has 3 amide bonds. The van der Waals surface area contributed by atoms with Gasteiger partial charge in [-0.3, -0.25) is 14.5 Å². The predicted octanol–water partition coefficient (Wildman–Crippen LogP) is 4.30. The largest absolute Gasteiger partial charge is 0.479 e. The van der Waals surface area contributed by atoms with E-state index >= 15 is 0 Å². The third kappa shape index (κ3) is 8.49. The van der Waals surface area contributed by atoms with Crippen LogP contribution >= 0.6 is 0 Å². The monoisotopic (exact) mass is 677 g/mol. The van der Waals surface area contributed by atoms with Gasteiger partial charge in [-0.2, -0.15) is 15.0 Å². The van der Waals surface area contributed by atoms with E-state index in [0.29, 0.717) is 19.4 Å². The lowest BCUT2D eigenvalue weighted by atomic mass is 10.0. The first-order valence-corrected chi connectivity index (χ1v) is 17.6. The molecule has 49 heavy (non-hydrogen) atoms. The molecule has 5 rings (SSSR count). The van der Waals surface area contributed by atoms with Crippen LogP contribution in [0.15, 0.2) is 42.5 Å². The van der Waals surface area contributed by atoms with Crippen LogP contribution in [0.25, 0.3) is 11.3 Å². The van der Waals surface area contributed by atoms with Crippen LogP contribution in [0.5, 0.6) is 0 Å². The number of aliphatic carboxylic acids is 1. The standard InChI is InChI=1S/C36H51N7O6/c1-6-41(7-2)23-28-30(24-16-12-11-13-17-24)40-43(39-28)26-20-29-31(44)38-36(33(46)47)21-25(36)18-14-9-8-10-15-19-27(32(45)42(29)22-26)37-34(48)49-35(3,4)5/h11-14,16-18,25-27,29H,6-10,15,19-23H2,1-5H3,(H,37,48)(H,38,44)(H,46,47)/t25-,26+,27-,29+,36+/m1/s1. The van der Waals surface area contributed by atoms with Gasteiger partial charge in [0.1, 0.15) is 34.6 Å². The second kappa shape index (κ2) is 15.1. The van der Waals surface area contributed by atoms with E-state index in [0.717, 1.165) is 49.3 Å². The molecule has 3 N–H and O–H groups in total. The van der Waals surface area contributed by atoms with Crippen LogP contribution < -0.4 is 10.6 Å². The van der Waals surface area contributed by atoms with E-state index in [1.165, 1.54) is 4.90 Å². The normalized spacial score (nSPS) is 26.3. The van der Waals surface area contributed by atoms with Gasteiger partial charge >= 0.3 is 12.1 Å². The molecular weight excluding hydrogens is 626 g/mol. The minimum atomic E-state index is -1.42. The zero-order chi connectivity index (χ0) is 35.3. The number of hydrogen-bond donors (Lipinski definition) is 3. The fourth-order valence-electron chi connectivity index (χ4n) is 6.80. The zero-order valence-corrected chi connectivity index (χ0v) is 29.4. The van der Waals surface area contributed by atoms with Crippen LogP contribution in [-0.2, 0) is 25.7 Å². The SMILES string of the molecule is CCN(CC)Cc1nn([C@H]2C[C@H]3C(=O)N[C@@]4(C(=O)O)C[C@H]4C=CCCCCC[C@@H](NC(=O)OC(C)(C)C)C(=O)N3C2)nc1-c1ccccc1. The molecule has 13 heteroatoms. The van der Waals surface area contributed by atoms with Crippen molar-refractivity contribution in [2.75, 3.05) is 19.6 Å². The number of hydrogen-bond acceptors (Lipinski definition) is 8. The molecule has 2 aromatic rings. The number of amides is 3. The summed E-state index contributed by atoms with van der Waals surface area (Å²) in [6, 6.07) is 7.39. The highest BCUT2D eigenvalue weighted by molar-refractivity contribution is 5.96. The maximum Gasteiger partial charge on any atom is 0.408 e. The smallest absolute Gasteiger partial charge is 0.408 e. The fourth-order valence-corrected chi connectivity index (χ4v) is 6.80. The van der Waals surface area contributed by atoms with Crippen molar-refractivity contribution in [2.24, 2.45) is 5.92 Å². The number of nitrogens with one attached hydrogen (secondary N) is 2. The molecular formula is C36H51N7O6. The second-order valence-electron chi connectivity index (χ2n) is 14.4. The van der Waals surface area contributed by atoms with Crippen molar-refractivity contribution in [3.8, 4) is 11.3 Å². The summed E-state index contributed by atoms with van der Waals surface area (Å²) < 4.78 is 5.50. The number of fused-ring (bicyclic) bond motifs is 2. The van der Waals surface area contributed by atoms with E-state index in [9.17, 15) is 24.3 Å². The molecule has 3 aliphatic rings. The molecule has 5 atom stereocenters. The van der Waals surface area contributed by atoms with Crippen molar-refractivity contribution in [1.82, 2.24) is 35.4 Å². The van der Waals surface area contributed by atoms with Crippen molar-refractivity contribution in [3.05, 3.63) is 48.2 Å². The molecule has 1 aromatic carbocycles. The Morgan fingerprint density at radius 3 is 2.51 bits per heavy atom. The van der Waals surface area contributed by atoms with Crippen LogP contribution in [0.4, 0.5) is 4.79 Å². The summed E-state index contributed by atoms with van der Waals surface area (Å²) in [5, 5.41) is 25.7. The summed E-state index contributed by atoms with van der Waals surface area (Å²) in [5.74, 6) is -2.39. The van der Waals surface area contributed by atoms with Gasteiger partial charge in [-0.1, -0.05) is 69.2 Å². The Morgan fingerprint density at radius 1 is 1.10 bits per heavy atom. The van der Waals surface area contributed by atoms with Crippen LogP contribution in [0.1, 0.15) is 91.3 Å². The molecule has 0 bridgehead atoms. The highest BCUT2D eigenvalue weighted by Crippen LogP contribution is 2.45. The zero-order valence-electron chi connectivity index (χ0n) is 29.4. The van der Waals surface area contributed by atoms with E-state index in [-0.39, 0.29) is 25.3 Å². The third-order valence-electron chi connectivity index (χ3n) is 9.67. The lowest BCUT2D eigenvalue weighted by Gasteiger charge is -2.30. The van der Waals surface area contributed by atoms with Gasteiger partial charge in [0.05, 0.1) is 6.04 Å². The molecule has 13 nitrogen and oxygen atoms in total. The van der Waals surface area contributed by atoms with Gasteiger partial charge < -0.3 is 25.4 Å². The Kier molecular flexibility index (Phi) is 11.1. The molecule has 2 aliphatic heterocycles. The first-order chi connectivity index (χ1) is 23.3. The van der Waals surface area contributed by atoms with Crippen molar-refractivity contribution < 1.29 is 29.0 Å². The van der Waals surface area contributed by atoms with E-state index in [1.807, 2.05) is 42.5 Å². The summed E-state index contributed by atoms with van der Waals surface area (Å²) in [4.78, 5) is 59.2. The second-order valence-corrected chi connectivity index (χ2v) is 14.4. The predicted molar refractivity (Wildman–Crippen MR) is 183 cm³/mol. The maximum absolute atomic E-state index is 14.4. The summed E-state index contributed by atoms with van der Waals surface area (Å²) >= 11 is 0. The van der Waals surface area contributed by atoms with Gasteiger partial charge in [-0.05, 0) is 59.5 Å². The van der Waals surface area contributed by atoms with Crippen molar-refractivity contribution >= 4 is 23.9 Å². The van der Waals surface area contributed by atoms with Crippen LogP contribution in [-0.4, -0.2) is 96.6 Å². The number of nitrogens with zero attached hydrogens (tertiary/aromatic N) is 5. The Labute approximate surface area is 288 Å². The number of carboxylic acid groups (broad SMARTS) is 1. The minimum absolute atomic E-state index is 0.112. The maximum atomic E-state index is 14.4. The average Bonchev–Trinajstić information content (AvgIpc) is 3.36. The molecule has 3 heterocycles. The van der Waals surface area contributed by atoms with Crippen molar-refractivity contribution in [3.63, 3.8) is 0 Å². The summed E-state index contributed by atoms with van der Waals surface area (Å²) in [6.45, 7) is 11.8. The van der Waals surface area contributed by atoms with E-state index < -0.39 is 53.1 Å². The Bertz CT molecular complexity index is 1530. The molecule has 1 aliphatic carbocycles. The number of benzene rings is 1. The van der Waals surface area contributed by atoms with Crippen LogP contribution in [0.3, 0.4) is 0 Å². The van der Waals surface area contributed by atoms with Crippen LogP contribution in [0.2, 0.25) is 0 Å². The summed E-state index contributed by atoms with van der Waals surface area (Å²) in [6.07, 6.45) is 7.08. The van der Waals surface area contributed by atoms with Gasteiger partial charge in [-0.25, -0.2) is 9.59 Å². The number of carbonyl (C=O) groups excluding carboxylic acids is 3. The molecule has 1 saturated carbocycles. The molecule has 0 radical (unpaired) electrons. The summed E-state index contributed by atoms with van der Waals surface area (Å²) in [7, 11) is 0. The quantitative estimate of drug-likeness (QED) is 0.347. The van der Waals surface area contributed by atoms with Crippen LogP contribution in [0, 0.1) is 5.92 Å². The number of carbonyl (C=O) groups is 4. The minimum Gasteiger partial charge on any atom is -0.479 e. The van der Waals surface area contributed by atoms with Crippen molar-refractivity contribution in [1.29, 1.82) is 0 Å². The average molecular weight is 678 g/mol. The van der Waals surface area contributed by atoms with Gasteiger partial charge in [0.25, 0.3) is 0 Å². The third-order valence-corrected chi connectivity index (χ3v) is 9.67. The van der Waals surface area contributed by atoms with Gasteiger partial charge in [0, 0.05) is 31.0 Å². The lowest BCUT2D eigenvalue weighted by molar-refractivity contribution is -0.145. The first-order valence-electron chi connectivity index (χ1n) is 17.6. The number of rotatable bonds is 8. The number of aromatic nitrogens is 3. The molecule has 266 valence electrons. The Morgan fingerprint density at radius 2 is 1.84 bits per heavy atom. The Hall–Kier alpha value is -4.26. The van der Waals surface area contributed by atoms with Gasteiger partial charge in [-0.15, -0.1) is 0 Å². The molecule has 1 saturated heterocycles. The van der Waals surface area contributed by atoms with E-state index in [1.54, 1.807) is 25.6 Å². The highest BCUT2D eigenvalue weighted by Gasteiger charge is 2.61. The first kappa shape index (κ1) is 36.0. The van der Waals surface area contributed by atoms with E-state index in [4.69, 9.17) is 14.9 Å². The molecule has 0 unspecified atom stereocenters. The van der Waals surface area contributed by atoms with Gasteiger partial charge in [0.2, 0.25) is 11.8 Å². The van der Waals surface area contributed by atoms with Gasteiger partial charge in [0.15, 0.2) is 0 Å². The fraction of sp³-hybridized carbons (Fsp3) is 0.611. The summed E-state index contributed by atoms with van der Waals surface area (Å²) in [5.41, 5.74) is 0.246.